The highest BCUT2D eigenvalue weighted by molar-refractivity contribution is 7.19. The first-order chi connectivity index (χ1) is 13.2. The Morgan fingerprint density at radius 3 is 2.63 bits per heavy atom. The lowest BCUT2D eigenvalue weighted by molar-refractivity contribution is 0.0949. The van der Waals surface area contributed by atoms with Crippen LogP contribution in [0.25, 0.3) is 10.1 Å². The number of benzene rings is 1. The van der Waals surface area contributed by atoms with Gasteiger partial charge in [0.15, 0.2) is 0 Å². The van der Waals surface area contributed by atoms with E-state index in [1.54, 1.807) is 23.7 Å². The minimum atomic E-state index is 0.0290. The molecule has 1 aromatic carbocycles. The average molecular weight is 382 g/mol. The van der Waals surface area contributed by atoms with E-state index in [1.807, 2.05) is 31.2 Å². The Bertz CT molecular complexity index is 919. The Labute approximate surface area is 162 Å². The van der Waals surface area contributed by atoms with E-state index >= 15 is 0 Å². The van der Waals surface area contributed by atoms with Gasteiger partial charge in [-0.1, -0.05) is 18.2 Å². The third-order valence-corrected chi connectivity index (χ3v) is 6.01. The SMILES string of the molecule is Cc1sc2ccccc2c1C(=O)NCCN1CCN(c2ncccn2)CC1. The van der Waals surface area contributed by atoms with E-state index in [9.17, 15) is 4.79 Å². The highest BCUT2D eigenvalue weighted by atomic mass is 32.1. The van der Waals surface area contributed by atoms with Crippen molar-refractivity contribution in [3.05, 3.63) is 53.2 Å². The Morgan fingerprint density at radius 1 is 1.11 bits per heavy atom. The molecule has 1 N–H and O–H groups in total. The summed E-state index contributed by atoms with van der Waals surface area (Å²) in [4.78, 5) is 27.0. The van der Waals surface area contributed by atoms with Crippen LogP contribution in [0, 0.1) is 6.92 Å². The molecule has 0 bridgehead atoms. The number of fused-ring (bicyclic) bond motifs is 1. The van der Waals surface area contributed by atoms with Crippen LogP contribution < -0.4 is 10.2 Å². The van der Waals surface area contributed by atoms with Crippen molar-refractivity contribution in [2.24, 2.45) is 0 Å². The number of nitrogens with one attached hydrogen (secondary N) is 1. The molecule has 1 amide bonds. The molecule has 0 atom stereocenters. The second-order valence-corrected chi connectivity index (χ2v) is 7.92. The molecule has 0 radical (unpaired) electrons. The molecular formula is C20H23N5OS. The number of piperazine rings is 1. The summed E-state index contributed by atoms with van der Waals surface area (Å²) in [7, 11) is 0. The van der Waals surface area contributed by atoms with Gasteiger partial charge in [0, 0.05) is 66.6 Å². The standard InChI is InChI=1S/C20H23N5OS/c1-15-18(16-5-2-3-6-17(16)27-15)19(26)21-9-10-24-11-13-25(14-12-24)20-22-7-4-8-23-20/h2-8H,9-14H2,1H3,(H,21,26). The number of nitrogens with zero attached hydrogens (tertiary/aromatic N) is 4. The van der Waals surface area contributed by atoms with Gasteiger partial charge in [0.2, 0.25) is 5.95 Å². The first-order valence-corrected chi connectivity index (χ1v) is 10.0. The molecule has 4 rings (SSSR count). The van der Waals surface area contributed by atoms with Gasteiger partial charge in [0.25, 0.3) is 5.91 Å². The summed E-state index contributed by atoms with van der Waals surface area (Å²) < 4.78 is 1.17. The number of carbonyl (C=O) groups is 1. The maximum atomic E-state index is 12.7. The lowest BCUT2D eigenvalue weighted by Crippen LogP contribution is -2.49. The maximum Gasteiger partial charge on any atom is 0.253 e. The fraction of sp³-hybridized carbons (Fsp3) is 0.350. The Kier molecular flexibility index (Phi) is 5.31. The zero-order chi connectivity index (χ0) is 18.6. The first-order valence-electron chi connectivity index (χ1n) is 9.23. The minimum absolute atomic E-state index is 0.0290. The number of thiophene rings is 1. The molecule has 27 heavy (non-hydrogen) atoms. The van der Waals surface area contributed by atoms with Gasteiger partial charge in [-0.3, -0.25) is 9.69 Å². The molecule has 0 aliphatic carbocycles. The van der Waals surface area contributed by atoms with Crippen LogP contribution in [-0.2, 0) is 0 Å². The smallest absolute Gasteiger partial charge is 0.253 e. The number of hydrogen-bond donors (Lipinski definition) is 1. The van der Waals surface area contributed by atoms with Crippen LogP contribution in [0.15, 0.2) is 42.7 Å². The topological polar surface area (TPSA) is 61.4 Å². The molecule has 140 valence electrons. The van der Waals surface area contributed by atoms with Gasteiger partial charge < -0.3 is 10.2 Å². The van der Waals surface area contributed by atoms with Crippen molar-refractivity contribution in [2.75, 3.05) is 44.2 Å². The van der Waals surface area contributed by atoms with Crippen LogP contribution in [0.3, 0.4) is 0 Å². The van der Waals surface area contributed by atoms with Crippen molar-refractivity contribution < 1.29 is 4.79 Å². The molecule has 2 aromatic heterocycles. The van der Waals surface area contributed by atoms with Crippen LogP contribution >= 0.6 is 11.3 Å². The number of hydrogen-bond acceptors (Lipinski definition) is 6. The van der Waals surface area contributed by atoms with E-state index in [1.165, 1.54) is 4.70 Å². The molecule has 0 spiro atoms. The fourth-order valence-electron chi connectivity index (χ4n) is 3.49. The van der Waals surface area contributed by atoms with Crippen LogP contribution in [0.2, 0.25) is 0 Å². The second kappa shape index (κ2) is 8.02. The van der Waals surface area contributed by atoms with Crippen molar-refractivity contribution in [1.82, 2.24) is 20.2 Å². The van der Waals surface area contributed by atoms with Gasteiger partial charge in [-0.05, 0) is 19.1 Å². The van der Waals surface area contributed by atoms with Crippen molar-refractivity contribution >= 4 is 33.3 Å². The molecule has 7 heteroatoms. The van der Waals surface area contributed by atoms with Crippen LogP contribution in [0.4, 0.5) is 5.95 Å². The molecule has 3 heterocycles. The zero-order valence-electron chi connectivity index (χ0n) is 15.4. The Morgan fingerprint density at radius 2 is 1.85 bits per heavy atom. The Hall–Kier alpha value is -2.51. The summed E-state index contributed by atoms with van der Waals surface area (Å²) in [6.07, 6.45) is 3.56. The highest BCUT2D eigenvalue weighted by Crippen LogP contribution is 2.30. The molecule has 3 aromatic rings. The van der Waals surface area contributed by atoms with E-state index in [0.29, 0.717) is 6.54 Å². The van der Waals surface area contributed by atoms with E-state index in [-0.39, 0.29) is 5.91 Å². The summed E-state index contributed by atoms with van der Waals surface area (Å²) in [5, 5.41) is 4.15. The molecule has 1 aliphatic heterocycles. The van der Waals surface area contributed by atoms with E-state index in [4.69, 9.17) is 0 Å². The lowest BCUT2D eigenvalue weighted by atomic mass is 10.1. The molecule has 1 fully saturated rings. The van der Waals surface area contributed by atoms with Gasteiger partial charge in [-0.2, -0.15) is 0 Å². The van der Waals surface area contributed by atoms with Crippen LogP contribution in [0.1, 0.15) is 15.2 Å². The van der Waals surface area contributed by atoms with Gasteiger partial charge in [-0.15, -0.1) is 11.3 Å². The first kappa shape index (κ1) is 17.9. The molecule has 1 aliphatic rings. The van der Waals surface area contributed by atoms with Crippen LogP contribution in [0.5, 0.6) is 0 Å². The molecule has 0 unspecified atom stereocenters. The number of amides is 1. The average Bonchev–Trinajstić information content (AvgIpc) is 3.05. The van der Waals surface area contributed by atoms with Crippen molar-refractivity contribution in [3.8, 4) is 0 Å². The molecule has 6 nitrogen and oxygen atoms in total. The van der Waals surface area contributed by atoms with Gasteiger partial charge in [-0.25, -0.2) is 9.97 Å². The third kappa shape index (κ3) is 3.94. The summed E-state index contributed by atoms with van der Waals surface area (Å²) in [5.41, 5.74) is 0.821. The van der Waals surface area contributed by atoms with Crippen LogP contribution in [-0.4, -0.2) is 60.0 Å². The normalized spacial score (nSPS) is 15.2. The predicted octanol–water partition coefficient (Wildman–Crippen LogP) is 2.55. The number of aryl methyl sites for hydroxylation is 1. The molecule has 1 saturated heterocycles. The van der Waals surface area contributed by atoms with Crippen molar-refractivity contribution in [1.29, 1.82) is 0 Å². The summed E-state index contributed by atoms with van der Waals surface area (Å²) in [6.45, 7) is 7.26. The predicted molar refractivity (Wildman–Crippen MR) is 110 cm³/mol. The lowest BCUT2D eigenvalue weighted by Gasteiger charge is -2.34. The number of aromatic nitrogens is 2. The highest BCUT2D eigenvalue weighted by Gasteiger charge is 2.19. The summed E-state index contributed by atoms with van der Waals surface area (Å²) in [5.74, 6) is 0.825. The Balaban J connectivity index is 1.28. The minimum Gasteiger partial charge on any atom is -0.351 e. The number of rotatable bonds is 5. The molecule has 0 saturated carbocycles. The monoisotopic (exact) mass is 381 g/mol. The number of carbonyl (C=O) groups excluding carboxylic acids is 1. The third-order valence-electron chi connectivity index (χ3n) is 4.92. The van der Waals surface area contributed by atoms with Gasteiger partial charge in [0.1, 0.15) is 0 Å². The zero-order valence-corrected chi connectivity index (χ0v) is 16.2. The van der Waals surface area contributed by atoms with Gasteiger partial charge in [0.05, 0.1) is 5.56 Å². The summed E-state index contributed by atoms with van der Waals surface area (Å²) >= 11 is 1.68. The molecular weight excluding hydrogens is 358 g/mol. The number of anilines is 1. The quantitative estimate of drug-likeness (QED) is 0.736. The second-order valence-electron chi connectivity index (χ2n) is 6.66. The summed E-state index contributed by atoms with van der Waals surface area (Å²) in [6, 6.07) is 9.93. The van der Waals surface area contributed by atoms with E-state index < -0.39 is 0 Å². The van der Waals surface area contributed by atoms with Crippen molar-refractivity contribution in [3.63, 3.8) is 0 Å². The van der Waals surface area contributed by atoms with Crippen molar-refractivity contribution in [2.45, 2.75) is 6.92 Å². The largest absolute Gasteiger partial charge is 0.351 e. The van der Waals surface area contributed by atoms with E-state index in [0.717, 1.165) is 54.5 Å². The van der Waals surface area contributed by atoms with Gasteiger partial charge >= 0.3 is 0 Å². The van der Waals surface area contributed by atoms with E-state index in [2.05, 4.69) is 31.2 Å². The maximum absolute atomic E-state index is 12.7. The fourth-order valence-corrected chi connectivity index (χ4v) is 4.55.